The average molecular weight is 358 g/mol. The Kier molecular flexibility index (Phi) is 5.39. The van der Waals surface area contributed by atoms with Crippen molar-refractivity contribution in [3.05, 3.63) is 64.7 Å². The van der Waals surface area contributed by atoms with E-state index in [0.717, 1.165) is 24.1 Å². The summed E-state index contributed by atoms with van der Waals surface area (Å²) in [6.45, 7) is 1.75. The molecule has 0 N–H and O–H groups in total. The van der Waals surface area contributed by atoms with Gasteiger partial charge in [-0.05, 0) is 43.0 Å². The molecule has 25 heavy (non-hydrogen) atoms. The molecule has 1 heterocycles. The number of halogens is 1. The van der Waals surface area contributed by atoms with Gasteiger partial charge in [0.1, 0.15) is 0 Å². The molecule has 0 aromatic heterocycles. The van der Waals surface area contributed by atoms with Crippen LogP contribution in [-0.4, -0.2) is 24.5 Å². The van der Waals surface area contributed by atoms with Crippen molar-refractivity contribution in [3.8, 4) is 0 Å². The van der Waals surface area contributed by atoms with Crippen molar-refractivity contribution in [2.45, 2.75) is 32.2 Å². The number of esters is 1. The number of rotatable bonds is 4. The van der Waals surface area contributed by atoms with Crippen LogP contribution in [0, 0.1) is 0 Å². The van der Waals surface area contributed by atoms with Gasteiger partial charge in [0.05, 0.1) is 6.42 Å². The Labute approximate surface area is 152 Å². The van der Waals surface area contributed by atoms with Crippen LogP contribution in [-0.2, 0) is 27.2 Å². The molecule has 4 nitrogen and oxygen atoms in total. The third-order valence-electron chi connectivity index (χ3n) is 4.44. The molecule has 1 atom stereocenters. The van der Waals surface area contributed by atoms with Gasteiger partial charge in [0.15, 0.2) is 6.61 Å². The number of para-hydroxylation sites is 1. The number of nitrogens with zero attached hydrogens (tertiary/aromatic N) is 1. The third kappa shape index (κ3) is 4.02. The standard InChI is InChI=1S/C20H20ClNO3/c1-14-10-11-15-6-3-5-9-18(15)22(14)19(23)13-25-20(24)12-16-7-2-4-8-17(16)21/h2-9,14H,10-13H2,1H3. The molecule has 1 aliphatic heterocycles. The Balaban J connectivity index is 1.63. The summed E-state index contributed by atoms with van der Waals surface area (Å²) in [6.07, 6.45) is 1.91. The smallest absolute Gasteiger partial charge is 0.310 e. The first-order chi connectivity index (χ1) is 12.1. The summed E-state index contributed by atoms with van der Waals surface area (Å²) in [4.78, 5) is 26.4. The molecule has 0 aliphatic carbocycles. The van der Waals surface area contributed by atoms with Crippen molar-refractivity contribution < 1.29 is 14.3 Å². The Morgan fingerprint density at radius 1 is 1.16 bits per heavy atom. The van der Waals surface area contributed by atoms with E-state index in [2.05, 4.69) is 0 Å². The van der Waals surface area contributed by atoms with Crippen LogP contribution in [0.3, 0.4) is 0 Å². The van der Waals surface area contributed by atoms with E-state index in [1.165, 1.54) is 0 Å². The maximum Gasteiger partial charge on any atom is 0.310 e. The number of aryl methyl sites for hydroxylation is 1. The lowest BCUT2D eigenvalue weighted by molar-refractivity contribution is -0.147. The molecule has 0 bridgehead atoms. The van der Waals surface area contributed by atoms with Crippen molar-refractivity contribution in [2.24, 2.45) is 0 Å². The minimum absolute atomic E-state index is 0.0547. The molecule has 0 saturated carbocycles. The van der Waals surface area contributed by atoms with Gasteiger partial charge in [0.25, 0.3) is 5.91 Å². The fourth-order valence-corrected chi connectivity index (χ4v) is 3.33. The zero-order chi connectivity index (χ0) is 17.8. The monoisotopic (exact) mass is 357 g/mol. The summed E-state index contributed by atoms with van der Waals surface area (Å²) < 4.78 is 5.19. The molecule has 0 fully saturated rings. The van der Waals surface area contributed by atoms with Gasteiger partial charge in [-0.15, -0.1) is 0 Å². The number of anilines is 1. The predicted molar refractivity (Wildman–Crippen MR) is 97.8 cm³/mol. The second kappa shape index (κ2) is 7.70. The van der Waals surface area contributed by atoms with Gasteiger partial charge in [-0.3, -0.25) is 9.59 Å². The summed E-state index contributed by atoms with van der Waals surface area (Å²) in [5.41, 5.74) is 2.75. The second-order valence-electron chi connectivity index (χ2n) is 6.21. The van der Waals surface area contributed by atoms with Crippen molar-refractivity contribution >= 4 is 29.2 Å². The van der Waals surface area contributed by atoms with E-state index in [1.807, 2.05) is 37.3 Å². The molecule has 3 rings (SSSR count). The Morgan fingerprint density at radius 3 is 2.68 bits per heavy atom. The maximum absolute atomic E-state index is 12.6. The normalized spacial score (nSPS) is 16.2. The minimum atomic E-state index is -0.459. The van der Waals surface area contributed by atoms with Crippen LogP contribution in [0.5, 0.6) is 0 Å². The van der Waals surface area contributed by atoms with E-state index in [4.69, 9.17) is 16.3 Å². The number of carbonyl (C=O) groups excluding carboxylic acids is 2. The SMILES string of the molecule is CC1CCc2ccccc2N1C(=O)COC(=O)Cc1ccccc1Cl. The van der Waals surface area contributed by atoms with E-state index in [9.17, 15) is 9.59 Å². The van der Waals surface area contributed by atoms with Crippen LogP contribution >= 0.6 is 11.6 Å². The van der Waals surface area contributed by atoms with Crippen LogP contribution in [0.25, 0.3) is 0 Å². The highest BCUT2D eigenvalue weighted by Crippen LogP contribution is 2.30. The lowest BCUT2D eigenvalue weighted by Gasteiger charge is -2.35. The molecule has 130 valence electrons. The van der Waals surface area contributed by atoms with E-state index < -0.39 is 5.97 Å². The predicted octanol–water partition coefficient (Wildman–Crippen LogP) is 3.79. The topological polar surface area (TPSA) is 46.6 Å². The summed E-state index contributed by atoms with van der Waals surface area (Å²) in [6, 6.07) is 15.1. The van der Waals surface area contributed by atoms with Crippen molar-refractivity contribution in [1.82, 2.24) is 0 Å². The number of benzene rings is 2. The molecule has 0 radical (unpaired) electrons. The van der Waals surface area contributed by atoms with Gasteiger partial charge in [0.2, 0.25) is 0 Å². The highest BCUT2D eigenvalue weighted by molar-refractivity contribution is 6.31. The van der Waals surface area contributed by atoms with Gasteiger partial charge < -0.3 is 9.64 Å². The van der Waals surface area contributed by atoms with Gasteiger partial charge in [0, 0.05) is 16.8 Å². The van der Waals surface area contributed by atoms with Gasteiger partial charge in [-0.2, -0.15) is 0 Å². The molecule has 2 aromatic rings. The zero-order valence-corrected chi connectivity index (χ0v) is 14.8. The van der Waals surface area contributed by atoms with Crippen molar-refractivity contribution in [2.75, 3.05) is 11.5 Å². The molecule has 1 unspecified atom stereocenters. The van der Waals surface area contributed by atoms with Gasteiger partial charge in [-0.1, -0.05) is 48.0 Å². The molecule has 1 amide bonds. The third-order valence-corrected chi connectivity index (χ3v) is 4.81. The van der Waals surface area contributed by atoms with Gasteiger partial charge >= 0.3 is 5.97 Å². The van der Waals surface area contributed by atoms with Crippen LogP contribution in [0.4, 0.5) is 5.69 Å². The Morgan fingerprint density at radius 2 is 1.88 bits per heavy atom. The number of carbonyl (C=O) groups is 2. The number of ether oxygens (including phenoxy) is 1. The first kappa shape index (κ1) is 17.5. The second-order valence-corrected chi connectivity index (χ2v) is 6.62. The fourth-order valence-electron chi connectivity index (χ4n) is 3.13. The summed E-state index contributed by atoms with van der Waals surface area (Å²) in [7, 11) is 0. The van der Waals surface area contributed by atoms with E-state index >= 15 is 0 Å². The molecular weight excluding hydrogens is 338 g/mol. The van der Waals surface area contributed by atoms with Crippen molar-refractivity contribution in [3.63, 3.8) is 0 Å². The first-order valence-electron chi connectivity index (χ1n) is 8.35. The Bertz CT molecular complexity index is 790. The van der Waals surface area contributed by atoms with Crippen molar-refractivity contribution in [1.29, 1.82) is 0 Å². The van der Waals surface area contributed by atoms with E-state index in [0.29, 0.717) is 10.6 Å². The zero-order valence-electron chi connectivity index (χ0n) is 14.1. The number of hydrogen-bond donors (Lipinski definition) is 0. The molecule has 0 saturated heterocycles. The number of amides is 1. The highest BCUT2D eigenvalue weighted by Gasteiger charge is 2.28. The Hall–Kier alpha value is -2.33. The molecule has 1 aliphatic rings. The van der Waals surface area contributed by atoms with Gasteiger partial charge in [-0.25, -0.2) is 0 Å². The van der Waals surface area contributed by atoms with Crippen LogP contribution < -0.4 is 4.90 Å². The highest BCUT2D eigenvalue weighted by atomic mass is 35.5. The molecule has 0 spiro atoms. The van der Waals surface area contributed by atoms with Crippen LogP contribution in [0.1, 0.15) is 24.5 Å². The number of hydrogen-bond acceptors (Lipinski definition) is 3. The largest absolute Gasteiger partial charge is 0.455 e. The average Bonchev–Trinajstić information content (AvgIpc) is 2.61. The lowest BCUT2D eigenvalue weighted by atomic mass is 9.96. The summed E-state index contributed by atoms with van der Waals surface area (Å²) in [5.74, 6) is -0.661. The number of fused-ring (bicyclic) bond motifs is 1. The van der Waals surface area contributed by atoms with Crippen LogP contribution in [0.2, 0.25) is 5.02 Å². The summed E-state index contributed by atoms with van der Waals surface area (Å²) >= 11 is 6.05. The maximum atomic E-state index is 12.6. The quantitative estimate of drug-likeness (QED) is 0.782. The van der Waals surface area contributed by atoms with Crippen LogP contribution in [0.15, 0.2) is 48.5 Å². The van der Waals surface area contributed by atoms with E-state index in [-0.39, 0.29) is 25.0 Å². The summed E-state index contributed by atoms with van der Waals surface area (Å²) in [5, 5.41) is 0.518. The molecule has 2 aromatic carbocycles. The van der Waals surface area contributed by atoms with E-state index in [1.54, 1.807) is 23.1 Å². The first-order valence-corrected chi connectivity index (χ1v) is 8.73. The molecular formula is C20H20ClNO3. The molecule has 5 heteroatoms. The fraction of sp³-hybridized carbons (Fsp3) is 0.300. The minimum Gasteiger partial charge on any atom is -0.455 e. The lowest BCUT2D eigenvalue weighted by Crippen LogP contribution is -2.44.